The van der Waals surface area contributed by atoms with Crippen LogP contribution >= 0.6 is 11.8 Å². The van der Waals surface area contributed by atoms with Crippen LogP contribution in [0.2, 0.25) is 0 Å². The molecule has 0 aliphatic carbocycles. The molecule has 0 spiro atoms. The predicted molar refractivity (Wildman–Crippen MR) is 109 cm³/mol. The Morgan fingerprint density at radius 2 is 2.00 bits per heavy atom. The van der Waals surface area contributed by atoms with Crippen molar-refractivity contribution < 1.29 is 18.1 Å². The van der Waals surface area contributed by atoms with Crippen molar-refractivity contribution in [2.75, 3.05) is 24.2 Å². The average Bonchev–Trinajstić information content (AvgIpc) is 3.24. The first-order valence-corrected chi connectivity index (χ1v) is 11.3. The molecule has 2 aromatic rings. The summed E-state index contributed by atoms with van der Waals surface area (Å²) in [5.74, 6) is -0.218. The quantitative estimate of drug-likeness (QED) is 0.402. The summed E-state index contributed by atoms with van der Waals surface area (Å²) >= 11 is 1.17. The maximum Gasteiger partial charge on any atom is 0.269 e. The Hall–Kier alpha value is -2.50. The second-order valence-electron chi connectivity index (χ2n) is 6.54. The van der Waals surface area contributed by atoms with Gasteiger partial charge in [-0.3, -0.25) is 14.9 Å². The van der Waals surface area contributed by atoms with Gasteiger partial charge in [-0.1, -0.05) is 11.8 Å². The van der Waals surface area contributed by atoms with Gasteiger partial charge in [-0.2, -0.15) is 4.31 Å². The normalized spacial score (nSPS) is 14.7. The summed E-state index contributed by atoms with van der Waals surface area (Å²) in [6.45, 7) is 2.74. The molecule has 29 heavy (non-hydrogen) atoms. The monoisotopic (exact) mass is 436 g/mol. The first-order valence-electron chi connectivity index (χ1n) is 8.91. The second kappa shape index (κ2) is 8.89. The number of carbonyl (C=O) groups excluding carboxylic acids is 1. The van der Waals surface area contributed by atoms with Gasteiger partial charge in [-0.05, 0) is 43.5 Å². The Morgan fingerprint density at radius 3 is 2.59 bits per heavy atom. The highest BCUT2D eigenvalue weighted by Gasteiger charge is 2.27. The highest BCUT2D eigenvalue weighted by Crippen LogP contribution is 2.24. The number of nitrogens with zero attached hydrogens (tertiary/aromatic N) is 3. The highest BCUT2D eigenvalue weighted by molar-refractivity contribution is 7.99. The number of anilines is 1. The average molecular weight is 437 g/mol. The van der Waals surface area contributed by atoms with E-state index < -0.39 is 14.9 Å². The number of nitro benzene ring substituents is 1. The van der Waals surface area contributed by atoms with Crippen molar-refractivity contribution in [1.29, 1.82) is 0 Å². The molecule has 2 heterocycles. The van der Waals surface area contributed by atoms with Crippen LogP contribution < -0.4 is 5.32 Å². The van der Waals surface area contributed by atoms with E-state index in [1.807, 2.05) is 0 Å². The number of benzene rings is 1. The van der Waals surface area contributed by atoms with Crippen molar-refractivity contribution >= 4 is 39.1 Å². The molecule has 1 aromatic carbocycles. The Labute approximate surface area is 172 Å². The fraction of sp³-hybridized carbons (Fsp3) is 0.333. The fourth-order valence-electron chi connectivity index (χ4n) is 2.91. The van der Waals surface area contributed by atoms with Gasteiger partial charge >= 0.3 is 0 Å². The van der Waals surface area contributed by atoms with E-state index in [0.717, 1.165) is 12.8 Å². The molecule has 3 rings (SSSR count). The number of rotatable bonds is 7. The molecule has 0 atom stereocenters. The topological polar surface area (TPSA) is 123 Å². The van der Waals surface area contributed by atoms with Crippen LogP contribution in [0.15, 0.2) is 46.5 Å². The SMILES string of the molecule is Cc1cc([N+](=O)[O-])ccc1NC(=O)CSc1ccc(S(=O)(=O)N2CCCC2)cn1. The number of aryl methyl sites for hydroxylation is 1. The van der Waals surface area contributed by atoms with E-state index in [4.69, 9.17) is 0 Å². The maximum atomic E-state index is 12.5. The van der Waals surface area contributed by atoms with Crippen LogP contribution in [0.5, 0.6) is 0 Å². The second-order valence-corrected chi connectivity index (χ2v) is 9.47. The lowest BCUT2D eigenvalue weighted by atomic mass is 10.2. The zero-order chi connectivity index (χ0) is 21.0. The molecule has 1 aliphatic heterocycles. The van der Waals surface area contributed by atoms with Gasteiger partial charge in [-0.15, -0.1) is 0 Å². The maximum absolute atomic E-state index is 12.5. The molecule has 9 nitrogen and oxygen atoms in total. The molecule has 1 aliphatic rings. The summed E-state index contributed by atoms with van der Waals surface area (Å²) in [6.07, 6.45) is 3.04. The zero-order valence-electron chi connectivity index (χ0n) is 15.7. The van der Waals surface area contributed by atoms with Gasteiger partial charge in [0.05, 0.1) is 15.7 Å². The standard InChI is InChI=1S/C18H20N4O5S2/c1-13-10-14(22(24)25)4-6-16(13)20-17(23)12-28-18-7-5-15(11-19-18)29(26,27)21-8-2-3-9-21/h4-7,10-11H,2-3,8-9,12H2,1H3,(H,20,23). The summed E-state index contributed by atoms with van der Waals surface area (Å²) in [5, 5.41) is 14.0. The van der Waals surface area contributed by atoms with Gasteiger partial charge in [0.25, 0.3) is 5.69 Å². The first kappa shape index (κ1) is 21.2. The van der Waals surface area contributed by atoms with Crippen molar-refractivity contribution in [3.05, 3.63) is 52.2 Å². The summed E-state index contributed by atoms with van der Waals surface area (Å²) in [5.41, 5.74) is 1.05. The minimum Gasteiger partial charge on any atom is -0.325 e. The van der Waals surface area contributed by atoms with E-state index in [1.165, 1.54) is 46.5 Å². The van der Waals surface area contributed by atoms with Gasteiger partial charge < -0.3 is 5.32 Å². The number of hydrogen-bond donors (Lipinski definition) is 1. The van der Waals surface area contributed by atoms with Gasteiger partial charge in [0.15, 0.2) is 0 Å². The summed E-state index contributed by atoms with van der Waals surface area (Å²) in [4.78, 5) is 26.7. The van der Waals surface area contributed by atoms with Crippen molar-refractivity contribution in [3.63, 3.8) is 0 Å². The lowest BCUT2D eigenvalue weighted by Gasteiger charge is -2.15. The van der Waals surface area contributed by atoms with Crippen LogP contribution in [0.3, 0.4) is 0 Å². The number of pyridine rings is 1. The summed E-state index contributed by atoms with van der Waals surface area (Å²) in [6, 6.07) is 7.30. The Kier molecular flexibility index (Phi) is 6.50. The van der Waals surface area contributed by atoms with E-state index in [2.05, 4.69) is 10.3 Å². The smallest absolute Gasteiger partial charge is 0.269 e. The molecule has 1 amide bonds. The van der Waals surface area contributed by atoms with Crippen LogP contribution in [0.1, 0.15) is 18.4 Å². The fourth-order valence-corrected chi connectivity index (χ4v) is 5.02. The molecular formula is C18H20N4O5S2. The van der Waals surface area contributed by atoms with Gasteiger partial charge in [0.1, 0.15) is 4.90 Å². The van der Waals surface area contributed by atoms with Crippen molar-refractivity contribution in [2.45, 2.75) is 29.7 Å². The van der Waals surface area contributed by atoms with Crippen molar-refractivity contribution in [2.24, 2.45) is 0 Å². The van der Waals surface area contributed by atoms with Crippen LogP contribution in [-0.2, 0) is 14.8 Å². The number of carbonyl (C=O) groups is 1. The molecular weight excluding hydrogens is 416 g/mol. The minimum absolute atomic E-state index is 0.0388. The molecule has 0 unspecified atom stereocenters. The van der Waals surface area contributed by atoms with Crippen molar-refractivity contribution in [1.82, 2.24) is 9.29 Å². The van der Waals surface area contributed by atoms with Crippen LogP contribution in [0.4, 0.5) is 11.4 Å². The highest BCUT2D eigenvalue weighted by atomic mass is 32.2. The lowest BCUT2D eigenvalue weighted by molar-refractivity contribution is -0.384. The Balaban J connectivity index is 1.57. The third kappa shape index (κ3) is 5.11. The van der Waals surface area contributed by atoms with E-state index in [0.29, 0.717) is 29.4 Å². The van der Waals surface area contributed by atoms with Gasteiger partial charge in [0, 0.05) is 37.1 Å². The third-order valence-electron chi connectivity index (χ3n) is 4.46. The number of thioether (sulfide) groups is 1. The number of sulfonamides is 1. The Bertz CT molecular complexity index is 1020. The van der Waals surface area contributed by atoms with Crippen molar-refractivity contribution in [3.8, 4) is 0 Å². The number of nitro groups is 1. The lowest BCUT2D eigenvalue weighted by Crippen LogP contribution is -2.27. The molecule has 1 fully saturated rings. The number of aromatic nitrogens is 1. The third-order valence-corrected chi connectivity index (χ3v) is 7.28. The molecule has 0 bridgehead atoms. The molecule has 154 valence electrons. The number of nitrogens with one attached hydrogen (secondary N) is 1. The Morgan fingerprint density at radius 1 is 1.28 bits per heavy atom. The largest absolute Gasteiger partial charge is 0.325 e. The van der Waals surface area contributed by atoms with Crippen LogP contribution in [-0.4, -0.2) is 47.4 Å². The van der Waals surface area contributed by atoms with Crippen LogP contribution in [0.25, 0.3) is 0 Å². The zero-order valence-corrected chi connectivity index (χ0v) is 17.3. The molecule has 1 saturated heterocycles. The minimum atomic E-state index is -3.51. The summed E-state index contributed by atoms with van der Waals surface area (Å²) in [7, 11) is -3.51. The first-order chi connectivity index (χ1) is 13.8. The van der Waals surface area contributed by atoms with Gasteiger partial charge in [-0.25, -0.2) is 13.4 Å². The molecule has 1 aromatic heterocycles. The molecule has 0 radical (unpaired) electrons. The number of non-ortho nitro benzene ring substituents is 1. The predicted octanol–water partition coefficient (Wildman–Crippen LogP) is 2.81. The molecule has 0 saturated carbocycles. The van der Waals surface area contributed by atoms with Gasteiger partial charge in [0.2, 0.25) is 15.9 Å². The van der Waals surface area contributed by atoms with Crippen LogP contribution in [0, 0.1) is 17.0 Å². The summed E-state index contributed by atoms with van der Waals surface area (Å²) < 4.78 is 26.4. The number of amides is 1. The molecule has 11 heteroatoms. The van der Waals surface area contributed by atoms with E-state index >= 15 is 0 Å². The number of hydrogen-bond acceptors (Lipinski definition) is 7. The van der Waals surface area contributed by atoms with E-state index in [-0.39, 0.29) is 22.2 Å². The molecule has 1 N–H and O–H groups in total. The van der Waals surface area contributed by atoms with E-state index in [9.17, 15) is 23.3 Å². The van der Waals surface area contributed by atoms with E-state index in [1.54, 1.807) is 13.0 Å².